The van der Waals surface area contributed by atoms with E-state index >= 15 is 0 Å². The fourth-order valence-corrected chi connectivity index (χ4v) is 1.71. The van der Waals surface area contributed by atoms with E-state index in [4.69, 9.17) is 4.74 Å². The van der Waals surface area contributed by atoms with Crippen molar-refractivity contribution in [3.05, 3.63) is 11.8 Å². The SMILES string of the molecule is CCCCCC/C=C(/C)N1CCOC1=O. The van der Waals surface area contributed by atoms with E-state index in [-0.39, 0.29) is 6.09 Å². The van der Waals surface area contributed by atoms with Crippen LogP contribution in [0.1, 0.15) is 46.0 Å². The van der Waals surface area contributed by atoms with E-state index in [9.17, 15) is 4.79 Å². The van der Waals surface area contributed by atoms with Crippen molar-refractivity contribution < 1.29 is 9.53 Å². The Bertz CT molecular complexity index is 236. The number of cyclic esters (lactones) is 1. The Hall–Kier alpha value is -0.990. The average Bonchev–Trinajstić information content (AvgIpc) is 2.64. The fraction of sp³-hybridized carbons (Fsp3) is 0.750. The lowest BCUT2D eigenvalue weighted by atomic mass is 10.1. The highest BCUT2D eigenvalue weighted by atomic mass is 16.6. The molecule has 0 unspecified atom stereocenters. The van der Waals surface area contributed by atoms with Crippen LogP contribution in [-0.2, 0) is 4.74 Å². The minimum Gasteiger partial charge on any atom is -0.447 e. The van der Waals surface area contributed by atoms with Crippen LogP contribution in [0.4, 0.5) is 4.79 Å². The van der Waals surface area contributed by atoms with Crippen LogP contribution in [0.5, 0.6) is 0 Å². The van der Waals surface area contributed by atoms with Gasteiger partial charge < -0.3 is 4.74 Å². The summed E-state index contributed by atoms with van der Waals surface area (Å²) in [5, 5.41) is 0. The van der Waals surface area contributed by atoms with E-state index < -0.39 is 0 Å². The van der Waals surface area contributed by atoms with E-state index in [0.29, 0.717) is 13.2 Å². The maximum Gasteiger partial charge on any atom is 0.414 e. The van der Waals surface area contributed by atoms with Gasteiger partial charge in [0.15, 0.2) is 0 Å². The third kappa shape index (κ3) is 3.94. The van der Waals surface area contributed by atoms with Crippen molar-refractivity contribution in [2.45, 2.75) is 46.0 Å². The molecule has 15 heavy (non-hydrogen) atoms. The van der Waals surface area contributed by atoms with Crippen LogP contribution in [0.3, 0.4) is 0 Å². The zero-order valence-electron chi connectivity index (χ0n) is 9.79. The minimum absolute atomic E-state index is 0.197. The molecular weight excluding hydrogens is 190 g/mol. The van der Waals surface area contributed by atoms with E-state index in [1.165, 1.54) is 25.7 Å². The first kappa shape index (κ1) is 12.1. The van der Waals surface area contributed by atoms with Crippen LogP contribution in [-0.4, -0.2) is 24.1 Å². The van der Waals surface area contributed by atoms with E-state index in [2.05, 4.69) is 13.0 Å². The number of hydrogen-bond acceptors (Lipinski definition) is 2. The summed E-state index contributed by atoms with van der Waals surface area (Å²) in [6.45, 7) is 5.42. The van der Waals surface area contributed by atoms with Gasteiger partial charge in [0.25, 0.3) is 0 Å². The summed E-state index contributed by atoms with van der Waals surface area (Å²) >= 11 is 0. The molecule has 1 aliphatic heterocycles. The molecule has 0 aliphatic carbocycles. The molecule has 1 fully saturated rings. The van der Waals surface area contributed by atoms with Gasteiger partial charge in [-0.15, -0.1) is 0 Å². The zero-order valence-corrected chi connectivity index (χ0v) is 9.79. The molecule has 1 amide bonds. The smallest absolute Gasteiger partial charge is 0.414 e. The van der Waals surface area contributed by atoms with Crippen molar-refractivity contribution in [3.8, 4) is 0 Å². The molecule has 1 rings (SSSR count). The van der Waals surface area contributed by atoms with Crippen molar-refractivity contribution >= 4 is 6.09 Å². The number of nitrogens with zero attached hydrogens (tertiary/aromatic N) is 1. The van der Waals surface area contributed by atoms with Crippen molar-refractivity contribution in [1.82, 2.24) is 4.90 Å². The first-order valence-electron chi connectivity index (χ1n) is 5.86. The second kappa shape index (κ2) is 6.49. The van der Waals surface area contributed by atoms with Gasteiger partial charge in [0.1, 0.15) is 6.61 Å². The molecule has 86 valence electrons. The van der Waals surface area contributed by atoms with Crippen molar-refractivity contribution in [1.29, 1.82) is 0 Å². The van der Waals surface area contributed by atoms with Crippen molar-refractivity contribution in [2.75, 3.05) is 13.2 Å². The highest BCUT2D eigenvalue weighted by Crippen LogP contribution is 2.13. The number of unbranched alkanes of at least 4 members (excludes halogenated alkanes) is 4. The lowest BCUT2D eigenvalue weighted by molar-refractivity contribution is 0.164. The molecule has 0 aromatic heterocycles. The lowest BCUT2D eigenvalue weighted by Gasteiger charge is -2.12. The number of carbonyl (C=O) groups excluding carboxylic acids is 1. The molecule has 0 spiro atoms. The maximum atomic E-state index is 11.2. The average molecular weight is 211 g/mol. The van der Waals surface area contributed by atoms with E-state index in [1.807, 2.05) is 6.92 Å². The summed E-state index contributed by atoms with van der Waals surface area (Å²) in [7, 11) is 0. The lowest BCUT2D eigenvalue weighted by Crippen LogP contribution is -2.21. The van der Waals surface area contributed by atoms with Gasteiger partial charge in [-0.05, 0) is 19.8 Å². The molecule has 0 aromatic rings. The Morgan fingerprint density at radius 3 is 2.87 bits per heavy atom. The monoisotopic (exact) mass is 211 g/mol. The van der Waals surface area contributed by atoms with E-state index in [1.54, 1.807) is 4.90 Å². The summed E-state index contributed by atoms with van der Waals surface area (Å²) in [4.78, 5) is 12.9. The molecule has 1 heterocycles. The Morgan fingerprint density at radius 2 is 2.27 bits per heavy atom. The molecular formula is C12H21NO2. The first-order valence-corrected chi connectivity index (χ1v) is 5.86. The molecule has 0 atom stereocenters. The summed E-state index contributed by atoms with van der Waals surface area (Å²) < 4.78 is 4.88. The molecule has 1 saturated heterocycles. The number of amides is 1. The van der Waals surface area contributed by atoms with Crippen LogP contribution >= 0.6 is 0 Å². The van der Waals surface area contributed by atoms with Crippen LogP contribution in [0.2, 0.25) is 0 Å². The predicted molar refractivity (Wildman–Crippen MR) is 60.6 cm³/mol. The molecule has 3 heteroatoms. The third-order valence-electron chi connectivity index (χ3n) is 2.68. The van der Waals surface area contributed by atoms with Crippen LogP contribution in [0.25, 0.3) is 0 Å². The quantitative estimate of drug-likeness (QED) is 0.631. The topological polar surface area (TPSA) is 29.5 Å². The fourth-order valence-electron chi connectivity index (χ4n) is 1.71. The number of hydrogen-bond donors (Lipinski definition) is 0. The van der Waals surface area contributed by atoms with Gasteiger partial charge in [-0.3, -0.25) is 4.90 Å². The number of carbonyl (C=O) groups is 1. The van der Waals surface area contributed by atoms with Gasteiger partial charge in [0.2, 0.25) is 0 Å². The molecule has 0 radical (unpaired) electrons. The molecule has 0 N–H and O–H groups in total. The van der Waals surface area contributed by atoms with Crippen LogP contribution < -0.4 is 0 Å². The first-order chi connectivity index (χ1) is 7.25. The standard InChI is InChI=1S/C12H21NO2/c1-3-4-5-6-7-8-11(2)13-9-10-15-12(13)14/h8H,3-7,9-10H2,1-2H3/b11-8-. The summed E-state index contributed by atoms with van der Waals surface area (Å²) in [6.07, 6.45) is 8.08. The second-order valence-electron chi connectivity index (χ2n) is 3.96. The van der Waals surface area contributed by atoms with Gasteiger partial charge in [0.05, 0.1) is 6.54 Å². The molecule has 3 nitrogen and oxygen atoms in total. The Kier molecular flexibility index (Phi) is 5.22. The number of ether oxygens (including phenoxy) is 1. The number of rotatable bonds is 6. The van der Waals surface area contributed by atoms with Crippen LogP contribution in [0, 0.1) is 0 Å². The maximum absolute atomic E-state index is 11.2. The molecule has 0 saturated carbocycles. The van der Waals surface area contributed by atoms with Gasteiger partial charge in [-0.25, -0.2) is 4.79 Å². The van der Waals surface area contributed by atoms with E-state index in [0.717, 1.165) is 12.1 Å². The van der Waals surface area contributed by atoms with Gasteiger partial charge in [-0.1, -0.05) is 32.3 Å². The minimum atomic E-state index is -0.197. The van der Waals surface area contributed by atoms with Gasteiger partial charge in [0, 0.05) is 5.70 Å². The normalized spacial score (nSPS) is 17.1. The highest BCUT2D eigenvalue weighted by molar-refractivity contribution is 5.71. The van der Waals surface area contributed by atoms with Crippen LogP contribution in [0.15, 0.2) is 11.8 Å². The Labute approximate surface area is 92.1 Å². The number of allylic oxidation sites excluding steroid dienone is 2. The summed E-state index contributed by atoms with van der Waals surface area (Å²) in [5.41, 5.74) is 1.04. The Balaban J connectivity index is 2.23. The molecule has 1 aliphatic rings. The largest absolute Gasteiger partial charge is 0.447 e. The second-order valence-corrected chi connectivity index (χ2v) is 3.96. The summed E-state index contributed by atoms with van der Waals surface area (Å²) in [5.74, 6) is 0. The zero-order chi connectivity index (χ0) is 11.1. The van der Waals surface area contributed by atoms with Gasteiger partial charge in [-0.2, -0.15) is 0 Å². The molecule has 0 bridgehead atoms. The Morgan fingerprint density at radius 1 is 1.47 bits per heavy atom. The molecule has 0 aromatic carbocycles. The van der Waals surface area contributed by atoms with Gasteiger partial charge >= 0.3 is 6.09 Å². The highest BCUT2D eigenvalue weighted by Gasteiger charge is 2.22. The van der Waals surface area contributed by atoms with Crippen molar-refractivity contribution in [3.63, 3.8) is 0 Å². The summed E-state index contributed by atoms with van der Waals surface area (Å²) in [6, 6.07) is 0. The van der Waals surface area contributed by atoms with Crippen molar-refractivity contribution in [2.24, 2.45) is 0 Å². The third-order valence-corrected chi connectivity index (χ3v) is 2.68. The predicted octanol–water partition coefficient (Wildman–Crippen LogP) is 3.31.